The smallest absolute Gasteiger partial charge is 0.243 e. The van der Waals surface area contributed by atoms with Gasteiger partial charge in [-0.2, -0.15) is 0 Å². The van der Waals surface area contributed by atoms with Gasteiger partial charge in [0, 0.05) is 26.1 Å². The Bertz CT molecular complexity index is 1400. The Kier molecular flexibility index (Phi) is 7.68. The average Bonchev–Trinajstić information content (AvgIpc) is 3.64. The Morgan fingerprint density at radius 3 is 2.46 bits per heavy atom. The lowest BCUT2D eigenvalue weighted by Crippen LogP contribution is -2.35. The third kappa shape index (κ3) is 4.81. The van der Waals surface area contributed by atoms with E-state index in [1.807, 2.05) is 0 Å². The van der Waals surface area contributed by atoms with Crippen LogP contribution in [0.2, 0.25) is 5.02 Å². The van der Waals surface area contributed by atoms with Gasteiger partial charge in [0.05, 0.1) is 30.8 Å². The van der Waals surface area contributed by atoms with E-state index in [1.165, 1.54) is 26.4 Å². The number of nitrogens with zero attached hydrogens (tertiary/aromatic N) is 5. The van der Waals surface area contributed by atoms with Crippen LogP contribution in [0.5, 0.6) is 11.5 Å². The van der Waals surface area contributed by atoms with E-state index >= 15 is 0 Å². The predicted molar refractivity (Wildman–Crippen MR) is 143 cm³/mol. The summed E-state index contributed by atoms with van der Waals surface area (Å²) >= 11 is 5.91. The second-order valence-electron chi connectivity index (χ2n) is 9.62. The maximum Gasteiger partial charge on any atom is 0.243 e. The molecule has 0 amide bonds. The molecule has 2 aromatic heterocycles. The van der Waals surface area contributed by atoms with Crippen molar-refractivity contribution in [2.24, 2.45) is 0 Å². The number of anilines is 1. The quantitative estimate of drug-likeness (QED) is 0.380. The van der Waals surface area contributed by atoms with Gasteiger partial charge in [-0.3, -0.25) is 9.29 Å². The molecule has 14 heteroatoms. The van der Waals surface area contributed by atoms with Crippen molar-refractivity contribution in [2.45, 2.75) is 55.5 Å². The molecule has 2 fully saturated rings. The molecule has 210 valence electrons. The fourth-order valence-corrected chi connectivity index (χ4v) is 6.84. The third-order valence-corrected chi connectivity index (χ3v) is 9.49. The van der Waals surface area contributed by atoms with Crippen molar-refractivity contribution in [1.82, 2.24) is 24.7 Å². The minimum Gasteiger partial charge on any atom is -0.494 e. The summed E-state index contributed by atoms with van der Waals surface area (Å²) in [5, 5.41) is 8.13. The summed E-state index contributed by atoms with van der Waals surface area (Å²) in [5.74, 6) is 1.72. The molecule has 0 bridgehead atoms. The highest BCUT2D eigenvalue weighted by Crippen LogP contribution is 2.50. The van der Waals surface area contributed by atoms with E-state index in [4.69, 9.17) is 30.5 Å². The maximum absolute atomic E-state index is 13.7. The first kappa shape index (κ1) is 27.6. The van der Waals surface area contributed by atoms with Crippen molar-refractivity contribution in [1.29, 1.82) is 0 Å². The van der Waals surface area contributed by atoms with Gasteiger partial charge < -0.3 is 18.9 Å². The molecular formula is C25H31ClN6O6S. The lowest BCUT2D eigenvalue weighted by molar-refractivity contribution is 0.0911. The number of halogens is 1. The van der Waals surface area contributed by atoms with Gasteiger partial charge in [0.1, 0.15) is 34.4 Å². The number of aromatic nitrogens is 5. The molecule has 0 unspecified atom stereocenters. The van der Waals surface area contributed by atoms with E-state index in [2.05, 4.69) is 24.9 Å². The zero-order valence-electron chi connectivity index (χ0n) is 22.1. The summed E-state index contributed by atoms with van der Waals surface area (Å²) in [4.78, 5) is 8.31. The van der Waals surface area contributed by atoms with Crippen LogP contribution in [0.25, 0.3) is 5.69 Å². The summed E-state index contributed by atoms with van der Waals surface area (Å²) in [6.45, 7) is 2.10. The lowest BCUT2D eigenvalue weighted by Gasteiger charge is -2.28. The zero-order chi connectivity index (χ0) is 27.8. The molecule has 12 nitrogen and oxygen atoms in total. The highest BCUT2D eigenvalue weighted by atomic mass is 35.5. The molecule has 3 aromatic rings. The first-order valence-electron chi connectivity index (χ1n) is 12.6. The standard InChI is InChI=1S/C25H31ClN6O6S/c1-15(21(37-4)22-27-13-16(26)14-28-22)39(33,34)31-24-30-29-23(25-10-6-9-19(25)38-12-11-25)32(24)20-17(35-2)7-5-8-18(20)36-3/h5,7-8,13-15,19,21H,6,9-12H2,1-4H3,(H,30,31)/t15-,19-,21-,25+/m0/s1. The molecule has 1 saturated carbocycles. The Labute approximate surface area is 232 Å². The fourth-order valence-electron chi connectivity index (χ4n) is 5.62. The molecule has 5 rings (SSSR count). The van der Waals surface area contributed by atoms with E-state index in [0.29, 0.717) is 34.6 Å². The van der Waals surface area contributed by atoms with E-state index in [-0.39, 0.29) is 17.9 Å². The molecule has 1 aromatic carbocycles. The van der Waals surface area contributed by atoms with Gasteiger partial charge in [0.15, 0.2) is 5.82 Å². The summed E-state index contributed by atoms with van der Waals surface area (Å²) in [5.41, 5.74) is 0.0736. The van der Waals surface area contributed by atoms with E-state index in [0.717, 1.165) is 25.7 Å². The van der Waals surface area contributed by atoms with Gasteiger partial charge in [-0.25, -0.2) is 18.4 Å². The molecule has 1 aliphatic heterocycles. The monoisotopic (exact) mass is 578 g/mol. The van der Waals surface area contributed by atoms with Crippen molar-refractivity contribution in [3.63, 3.8) is 0 Å². The van der Waals surface area contributed by atoms with E-state index in [9.17, 15) is 8.42 Å². The van der Waals surface area contributed by atoms with Crippen LogP contribution >= 0.6 is 11.6 Å². The average molecular weight is 579 g/mol. The molecule has 0 spiro atoms. The molecule has 1 saturated heterocycles. The summed E-state index contributed by atoms with van der Waals surface area (Å²) in [6.07, 6.45) is 5.22. The second kappa shape index (κ2) is 10.9. The largest absolute Gasteiger partial charge is 0.494 e. The van der Waals surface area contributed by atoms with Crippen LogP contribution < -0.4 is 14.2 Å². The molecule has 1 N–H and O–H groups in total. The second-order valence-corrected chi connectivity index (χ2v) is 12.1. The maximum atomic E-state index is 13.7. The highest BCUT2D eigenvalue weighted by molar-refractivity contribution is 7.93. The fraction of sp³-hybridized carbons (Fsp3) is 0.520. The first-order valence-corrected chi connectivity index (χ1v) is 14.5. The Balaban J connectivity index is 1.62. The summed E-state index contributed by atoms with van der Waals surface area (Å²) in [7, 11) is 0.367. The normalized spacial score (nSPS) is 22.3. The molecular weight excluding hydrogens is 548 g/mol. The molecule has 4 atom stereocenters. The van der Waals surface area contributed by atoms with Crippen LogP contribution in [0.15, 0.2) is 30.6 Å². The molecule has 3 heterocycles. The zero-order valence-corrected chi connectivity index (χ0v) is 23.7. The number of nitrogens with one attached hydrogen (secondary N) is 1. The number of hydrogen-bond acceptors (Lipinski definition) is 10. The molecule has 0 radical (unpaired) electrons. The number of hydrogen-bond donors (Lipinski definition) is 1. The minimum absolute atomic E-state index is 0.00143. The number of fused-ring (bicyclic) bond motifs is 1. The van der Waals surface area contributed by atoms with E-state index in [1.54, 1.807) is 37.0 Å². The van der Waals surface area contributed by atoms with Gasteiger partial charge in [-0.15, -0.1) is 10.2 Å². The van der Waals surface area contributed by atoms with Crippen molar-refractivity contribution >= 4 is 27.6 Å². The van der Waals surface area contributed by atoms with Crippen molar-refractivity contribution < 1.29 is 27.4 Å². The number of benzene rings is 1. The van der Waals surface area contributed by atoms with Crippen molar-refractivity contribution in [3.8, 4) is 17.2 Å². The van der Waals surface area contributed by atoms with Crippen molar-refractivity contribution in [3.05, 3.63) is 47.3 Å². The van der Waals surface area contributed by atoms with Crippen LogP contribution in [-0.2, 0) is 24.9 Å². The SMILES string of the molecule is COc1cccc(OC)c1-n1c(NS(=O)(=O)[C@@H](C)[C@H](OC)c2ncc(Cl)cn2)nnc1[C@@]12CCC[C@@H]1OCC2. The topological polar surface area (TPSA) is 140 Å². The summed E-state index contributed by atoms with van der Waals surface area (Å²) < 4.78 is 54.8. The van der Waals surface area contributed by atoms with Gasteiger partial charge >= 0.3 is 0 Å². The van der Waals surface area contributed by atoms with E-state index < -0.39 is 26.8 Å². The Hall–Kier alpha value is -3.00. The van der Waals surface area contributed by atoms with Crippen LogP contribution in [-0.4, -0.2) is 72.4 Å². The lowest BCUT2D eigenvalue weighted by atomic mass is 9.81. The van der Waals surface area contributed by atoms with Gasteiger partial charge in [0.25, 0.3) is 0 Å². The number of para-hydroxylation sites is 1. The number of rotatable bonds is 10. The first-order chi connectivity index (χ1) is 18.8. The van der Waals surface area contributed by atoms with Gasteiger partial charge in [-0.05, 0) is 44.7 Å². The van der Waals surface area contributed by atoms with Crippen LogP contribution in [0, 0.1) is 0 Å². The number of methoxy groups -OCH3 is 3. The van der Waals surface area contributed by atoms with Crippen LogP contribution in [0.1, 0.15) is 50.4 Å². The molecule has 2 aliphatic rings. The highest BCUT2D eigenvalue weighted by Gasteiger charge is 2.53. The predicted octanol–water partition coefficient (Wildman–Crippen LogP) is 3.46. The minimum atomic E-state index is -4.11. The van der Waals surface area contributed by atoms with Gasteiger partial charge in [0.2, 0.25) is 16.0 Å². The number of sulfonamides is 1. The number of ether oxygens (including phenoxy) is 4. The van der Waals surface area contributed by atoms with Crippen LogP contribution in [0.3, 0.4) is 0 Å². The summed E-state index contributed by atoms with van der Waals surface area (Å²) in [6, 6.07) is 5.34. The molecule has 39 heavy (non-hydrogen) atoms. The Morgan fingerprint density at radius 1 is 1.13 bits per heavy atom. The van der Waals surface area contributed by atoms with Crippen LogP contribution in [0.4, 0.5) is 5.95 Å². The van der Waals surface area contributed by atoms with Gasteiger partial charge in [-0.1, -0.05) is 17.7 Å². The Morgan fingerprint density at radius 2 is 1.82 bits per heavy atom. The molecule has 1 aliphatic carbocycles. The van der Waals surface area contributed by atoms with Crippen molar-refractivity contribution in [2.75, 3.05) is 32.7 Å². The third-order valence-electron chi connectivity index (χ3n) is 7.60.